The van der Waals surface area contributed by atoms with Crippen molar-refractivity contribution in [1.82, 2.24) is 0 Å². The van der Waals surface area contributed by atoms with Gasteiger partial charge in [0.05, 0.1) is 11.1 Å². The Morgan fingerprint density at radius 3 is 2.14 bits per heavy atom. The summed E-state index contributed by atoms with van der Waals surface area (Å²) in [4.78, 5) is 11.3. The number of rotatable bonds is 2. The highest BCUT2D eigenvalue weighted by Gasteiger charge is 2.30. The van der Waals surface area contributed by atoms with E-state index in [1.807, 2.05) is 0 Å². The quantitative estimate of drug-likeness (QED) is 0.872. The van der Waals surface area contributed by atoms with Crippen LogP contribution < -0.4 is 0 Å². The number of halogens is 3. The third-order valence-corrected chi connectivity index (χ3v) is 3.25. The lowest BCUT2D eigenvalue weighted by atomic mass is 9.93. The van der Waals surface area contributed by atoms with Crippen molar-refractivity contribution in [2.45, 2.75) is 20.0 Å². The highest BCUT2D eigenvalue weighted by atomic mass is 19.4. The van der Waals surface area contributed by atoms with Crippen molar-refractivity contribution < 1.29 is 23.1 Å². The number of carboxylic acid groups (broad SMARTS) is 1. The van der Waals surface area contributed by atoms with E-state index < -0.39 is 17.7 Å². The highest BCUT2D eigenvalue weighted by molar-refractivity contribution is 5.96. The number of aromatic carboxylic acids is 1. The molecule has 0 radical (unpaired) electrons. The summed E-state index contributed by atoms with van der Waals surface area (Å²) in [5, 5.41) is 9.25. The maximum absolute atomic E-state index is 12.7. The van der Waals surface area contributed by atoms with Crippen LogP contribution in [-0.2, 0) is 6.18 Å². The number of carboxylic acids is 1. The predicted molar refractivity (Wildman–Crippen MR) is 73.3 cm³/mol. The van der Waals surface area contributed by atoms with Crippen LogP contribution in [-0.4, -0.2) is 11.1 Å². The summed E-state index contributed by atoms with van der Waals surface area (Å²) < 4.78 is 38.0. The second-order valence-corrected chi connectivity index (χ2v) is 4.88. The van der Waals surface area contributed by atoms with Gasteiger partial charge in [0.2, 0.25) is 0 Å². The summed E-state index contributed by atoms with van der Waals surface area (Å²) in [6.45, 7) is 3.30. The molecule has 0 fully saturated rings. The smallest absolute Gasteiger partial charge is 0.416 e. The number of aryl methyl sites for hydroxylation is 2. The molecular formula is C16H13F3O2. The maximum Gasteiger partial charge on any atom is 0.416 e. The first-order valence-corrected chi connectivity index (χ1v) is 6.22. The maximum atomic E-state index is 12.7. The normalized spacial score (nSPS) is 11.5. The Balaban J connectivity index is 2.61. The van der Waals surface area contributed by atoms with Gasteiger partial charge in [-0.05, 0) is 48.7 Å². The molecule has 5 heteroatoms. The molecule has 1 N–H and O–H groups in total. The zero-order valence-electron chi connectivity index (χ0n) is 11.5. The molecule has 0 saturated carbocycles. The summed E-state index contributed by atoms with van der Waals surface area (Å²) >= 11 is 0. The standard InChI is InChI=1S/C16H13F3O2/c1-9-3-5-13(14(7-9)15(20)21)12-6-4-11(8-10(12)2)16(17,18)19/h3-8H,1-2H3,(H,20,21). The van der Waals surface area contributed by atoms with E-state index in [9.17, 15) is 23.1 Å². The topological polar surface area (TPSA) is 37.3 Å². The van der Waals surface area contributed by atoms with Gasteiger partial charge in [-0.2, -0.15) is 13.2 Å². The van der Waals surface area contributed by atoms with Crippen molar-refractivity contribution in [3.8, 4) is 11.1 Å². The Morgan fingerprint density at radius 1 is 1.00 bits per heavy atom. The van der Waals surface area contributed by atoms with Gasteiger partial charge in [-0.1, -0.05) is 23.8 Å². The Morgan fingerprint density at radius 2 is 1.62 bits per heavy atom. The van der Waals surface area contributed by atoms with Gasteiger partial charge >= 0.3 is 12.1 Å². The molecule has 0 spiro atoms. The van der Waals surface area contributed by atoms with Crippen LogP contribution in [0.5, 0.6) is 0 Å². The summed E-state index contributed by atoms with van der Waals surface area (Å²) in [6, 6.07) is 8.17. The van der Waals surface area contributed by atoms with E-state index in [1.54, 1.807) is 19.1 Å². The summed E-state index contributed by atoms with van der Waals surface area (Å²) in [6.07, 6.45) is -4.41. The molecule has 0 amide bonds. The monoisotopic (exact) mass is 294 g/mol. The average Bonchev–Trinajstić information content (AvgIpc) is 2.38. The summed E-state index contributed by atoms with van der Waals surface area (Å²) in [5.74, 6) is -1.10. The van der Waals surface area contributed by atoms with Gasteiger partial charge in [0.1, 0.15) is 0 Å². The molecule has 2 aromatic rings. The first-order valence-electron chi connectivity index (χ1n) is 6.22. The van der Waals surface area contributed by atoms with Crippen molar-refractivity contribution in [2.24, 2.45) is 0 Å². The first kappa shape index (κ1) is 15.1. The average molecular weight is 294 g/mol. The van der Waals surface area contributed by atoms with E-state index >= 15 is 0 Å². The van der Waals surface area contributed by atoms with Crippen LogP contribution >= 0.6 is 0 Å². The Labute approximate surface area is 119 Å². The molecular weight excluding hydrogens is 281 g/mol. The molecule has 110 valence electrons. The van der Waals surface area contributed by atoms with Gasteiger partial charge in [-0.25, -0.2) is 4.79 Å². The van der Waals surface area contributed by atoms with Gasteiger partial charge in [-0.3, -0.25) is 0 Å². The number of carbonyl (C=O) groups is 1. The molecule has 2 aromatic carbocycles. The van der Waals surface area contributed by atoms with Gasteiger partial charge in [0.15, 0.2) is 0 Å². The second-order valence-electron chi connectivity index (χ2n) is 4.88. The van der Waals surface area contributed by atoms with Crippen LogP contribution in [0.3, 0.4) is 0 Å². The van der Waals surface area contributed by atoms with Crippen LogP contribution in [0.2, 0.25) is 0 Å². The number of hydrogen-bond acceptors (Lipinski definition) is 1. The molecule has 0 aliphatic rings. The minimum absolute atomic E-state index is 0.0814. The van der Waals surface area contributed by atoms with Gasteiger partial charge in [0.25, 0.3) is 0 Å². The lowest BCUT2D eigenvalue weighted by Gasteiger charge is -2.13. The second kappa shape index (κ2) is 5.24. The SMILES string of the molecule is Cc1ccc(-c2ccc(C(F)(F)F)cc2C)c(C(=O)O)c1. The van der Waals surface area contributed by atoms with E-state index in [1.165, 1.54) is 19.1 Å². The van der Waals surface area contributed by atoms with Gasteiger partial charge in [-0.15, -0.1) is 0 Å². The number of benzene rings is 2. The van der Waals surface area contributed by atoms with Crippen LogP contribution in [0.1, 0.15) is 27.0 Å². The van der Waals surface area contributed by atoms with E-state index in [-0.39, 0.29) is 5.56 Å². The minimum Gasteiger partial charge on any atom is -0.478 e. The molecule has 0 atom stereocenters. The third kappa shape index (κ3) is 3.07. The van der Waals surface area contributed by atoms with Crippen molar-refractivity contribution >= 4 is 5.97 Å². The molecule has 0 saturated heterocycles. The summed E-state index contributed by atoms with van der Waals surface area (Å²) in [7, 11) is 0. The Kier molecular flexibility index (Phi) is 3.77. The predicted octanol–water partition coefficient (Wildman–Crippen LogP) is 4.69. The fourth-order valence-corrected chi connectivity index (χ4v) is 2.21. The molecule has 0 aliphatic heterocycles. The van der Waals surface area contributed by atoms with E-state index in [2.05, 4.69) is 0 Å². The highest BCUT2D eigenvalue weighted by Crippen LogP contribution is 2.34. The molecule has 2 rings (SSSR count). The number of alkyl halides is 3. The molecule has 0 aliphatic carbocycles. The number of hydrogen-bond donors (Lipinski definition) is 1. The van der Waals surface area contributed by atoms with Crippen LogP contribution in [0.25, 0.3) is 11.1 Å². The van der Waals surface area contributed by atoms with Crippen molar-refractivity contribution in [3.05, 3.63) is 58.7 Å². The molecule has 0 unspecified atom stereocenters. The third-order valence-electron chi connectivity index (χ3n) is 3.25. The van der Waals surface area contributed by atoms with Crippen LogP contribution in [0.15, 0.2) is 36.4 Å². The van der Waals surface area contributed by atoms with Gasteiger partial charge in [0, 0.05) is 0 Å². The van der Waals surface area contributed by atoms with E-state index in [0.29, 0.717) is 16.7 Å². The molecule has 0 heterocycles. The fourth-order valence-electron chi connectivity index (χ4n) is 2.21. The molecule has 2 nitrogen and oxygen atoms in total. The molecule has 0 bridgehead atoms. The first-order chi connectivity index (χ1) is 9.70. The Bertz CT molecular complexity index is 703. The lowest BCUT2D eigenvalue weighted by Crippen LogP contribution is -2.06. The van der Waals surface area contributed by atoms with Gasteiger partial charge < -0.3 is 5.11 Å². The fraction of sp³-hybridized carbons (Fsp3) is 0.188. The lowest BCUT2D eigenvalue weighted by molar-refractivity contribution is -0.137. The van der Waals surface area contributed by atoms with E-state index in [4.69, 9.17) is 0 Å². The molecule has 0 aromatic heterocycles. The minimum atomic E-state index is -4.41. The van der Waals surface area contributed by atoms with Crippen molar-refractivity contribution in [3.63, 3.8) is 0 Å². The Hall–Kier alpha value is -2.30. The largest absolute Gasteiger partial charge is 0.478 e. The van der Waals surface area contributed by atoms with Crippen LogP contribution in [0.4, 0.5) is 13.2 Å². The van der Waals surface area contributed by atoms with E-state index in [0.717, 1.165) is 17.7 Å². The zero-order valence-corrected chi connectivity index (χ0v) is 11.5. The van der Waals surface area contributed by atoms with Crippen LogP contribution in [0, 0.1) is 13.8 Å². The summed E-state index contributed by atoms with van der Waals surface area (Å²) in [5.41, 5.74) is 1.40. The molecule has 21 heavy (non-hydrogen) atoms. The zero-order chi connectivity index (χ0) is 15.8. The van der Waals surface area contributed by atoms with Crippen molar-refractivity contribution in [1.29, 1.82) is 0 Å². The van der Waals surface area contributed by atoms with Crippen molar-refractivity contribution in [2.75, 3.05) is 0 Å².